The topological polar surface area (TPSA) is 44.3 Å². The SMILES string of the molecule is CC(CO)CCCNC(C)CC1CCCCCN1. The third-order valence-corrected chi connectivity index (χ3v) is 3.98. The summed E-state index contributed by atoms with van der Waals surface area (Å²) in [7, 11) is 0. The van der Waals surface area contributed by atoms with E-state index in [1.807, 2.05) is 0 Å². The number of aliphatic hydroxyl groups excluding tert-OH is 1. The molecule has 3 nitrogen and oxygen atoms in total. The lowest BCUT2D eigenvalue weighted by Crippen LogP contribution is -2.37. The Hall–Kier alpha value is -0.120. The smallest absolute Gasteiger partial charge is 0.0456 e. The van der Waals surface area contributed by atoms with E-state index in [-0.39, 0.29) is 0 Å². The van der Waals surface area contributed by atoms with Crippen LogP contribution in [0.15, 0.2) is 0 Å². The molecule has 1 fully saturated rings. The van der Waals surface area contributed by atoms with Gasteiger partial charge in [-0.3, -0.25) is 0 Å². The van der Waals surface area contributed by atoms with Crippen LogP contribution >= 0.6 is 0 Å². The first kappa shape index (κ1) is 15.9. The van der Waals surface area contributed by atoms with Crippen LogP contribution in [0.4, 0.5) is 0 Å². The lowest BCUT2D eigenvalue weighted by molar-refractivity contribution is 0.227. The zero-order valence-electron chi connectivity index (χ0n) is 12.3. The molecule has 1 aliphatic rings. The highest BCUT2D eigenvalue weighted by atomic mass is 16.3. The van der Waals surface area contributed by atoms with Crippen molar-refractivity contribution < 1.29 is 5.11 Å². The molecule has 1 saturated heterocycles. The van der Waals surface area contributed by atoms with E-state index in [9.17, 15) is 0 Å². The molecule has 0 aromatic carbocycles. The Kier molecular flexibility index (Phi) is 8.64. The van der Waals surface area contributed by atoms with Crippen molar-refractivity contribution >= 4 is 0 Å². The van der Waals surface area contributed by atoms with Crippen molar-refractivity contribution in [3.05, 3.63) is 0 Å². The molecule has 18 heavy (non-hydrogen) atoms. The van der Waals surface area contributed by atoms with Gasteiger partial charge in [0.15, 0.2) is 0 Å². The Morgan fingerprint density at radius 1 is 1.28 bits per heavy atom. The van der Waals surface area contributed by atoms with Gasteiger partial charge >= 0.3 is 0 Å². The zero-order chi connectivity index (χ0) is 13.2. The quantitative estimate of drug-likeness (QED) is 0.584. The van der Waals surface area contributed by atoms with Crippen LogP contribution < -0.4 is 10.6 Å². The summed E-state index contributed by atoms with van der Waals surface area (Å²) in [5, 5.41) is 16.2. The summed E-state index contributed by atoms with van der Waals surface area (Å²) in [5.41, 5.74) is 0. The molecule has 0 saturated carbocycles. The van der Waals surface area contributed by atoms with Gasteiger partial charge in [-0.25, -0.2) is 0 Å². The van der Waals surface area contributed by atoms with Crippen molar-refractivity contribution in [1.29, 1.82) is 0 Å². The van der Waals surface area contributed by atoms with E-state index in [4.69, 9.17) is 5.11 Å². The number of hydrogen-bond acceptors (Lipinski definition) is 3. The predicted molar refractivity (Wildman–Crippen MR) is 77.8 cm³/mol. The minimum Gasteiger partial charge on any atom is -0.396 e. The second-order valence-electron chi connectivity index (χ2n) is 6.02. The highest BCUT2D eigenvalue weighted by Crippen LogP contribution is 2.12. The Balaban J connectivity index is 2.03. The Bertz CT molecular complexity index is 191. The second kappa shape index (κ2) is 9.76. The predicted octanol–water partition coefficient (Wildman–Crippen LogP) is 2.30. The molecule has 0 bridgehead atoms. The van der Waals surface area contributed by atoms with Gasteiger partial charge in [-0.05, 0) is 58.0 Å². The van der Waals surface area contributed by atoms with Crippen molar-refractivity contribution in [1.82, 2.24) is 10.6 Å². The van der Waals surface area contributed by atoms with E-state index in [1.165, 1.54) is 45.1 Å². The van der Waals surface area contributed by atoms with Gasteiger partial charge < -0.3 is 15.7 Å². The molecular formula is C15H32N2O. The molecule has 0 aromatic rings. The van der Waals surface area contributed by atoms with Gasteiger partial charge in [-0.15, -0.1) is 0 Å². The van der Waals surface area contributed by atoms with E-state index in [1.54, 1.807) is 0 Å². The number of hydrogen-bond donors (Lipinski definition) is 3. The highest BCUT2D eigenvalue weighted by molar-refractivity contribution is 4.75. The summed E-state index contributed by atoms with van der Waals surface area (Å²) in [4.78, 5) is 0. The first-order valence-corrected chi connectivity index (χ1v) is 7.80. The third kappa shape index (κ3) is 7.34. The van der Waals surface area contributed by atoms with Crippen LogP contribution in [-0.4, -0.2) is 36.9 Å². The molecule has 3 heteroatoms. The fourth-order valence-corrected chi connectivity index (χ4v) is 2.70. The van der Waals surface area contributed by atoms with Crippen LogP contribution in [0, 0.1) is 5.92 Å². The van der Waals surface area contributed by atoms with Gasteiger partial charge in [0.2, 0.25) is 0 Å². The van der Waals surface area contributed by atoms with Gasteiger partial charge in [0.05, 0.1) is 0 Å². The number of aliphatic hydroxyl groups is 1. The van der Waals surface area contributed by atoms with Crippen LogP contribution in [0.5, 0.6) is 0 Å². The first-order valence-electron chi connectivity index (χ1n) is 7.80. The third-order valence-electron chi connectivity index (χ3n) is 3.98. The van der Waals surface area contributed by atoms with E-state index in [2.05, 4.69) is 24.5 Å². The molecule has 0 amide bonds. The summed E-state index contributed by atoms with van der Waals surface area (Å²) in [5.74, 6) is 0.450. The lowest BCUT2D eigenvalue weighted by Gasteiger charge is -2.21. The molecule has 0 radical (unpaired) electrons. The van der Waals surface area contributed by atoms with Gasteiger partial charge in [-0.1, -0.05) is 19.8 Å². The first-order chi connectivity index (χ1) is 8.72. The maximum absolute atomic E-state index is 8.96. The Labute approximate surface area is 113 Å². The minimum atomic E-state index is 0.321. The fraction of sp³-hybridized carbons (Fsp3) is 1.00. The second-order valence-corrected chi connectivity index (χ2v) is 6.02. The van der Waals surface area contributed by atoms with Crippen molar-refractivity contribution in [2.75, 3.05) is 19.7 Å². The minimum absolute atomic E-state index is 0.321. The zero-order valence-corrected chi connectivity index (χ0v) is 12.3. The average Bonchev–Trinajstić information content (AvgIpc) is 2.63. The molecular weight excluding hydrogens is 224 g/mol. The number of rotatable bonds is 8. The normalized spacial score (nSPS) is 24.5. The molecule has 0 aliphatic carbocycles. The average molecular weight is 256 g/mol. The van der Waals surface area contributed by atoms with E-state index in [0.29, 0.717) is 24.6 Å². The molecule has 0 spiro atoms. The van der Waals surface area contributed by atoms with Crippen LogP contribution in [0.2, 0.25) is 0 Å². The monoisotopic (exact) mass is 256 g/mol. The van der Waals surface area contributed by atoms with Gasteiger partial charge in [0.1, 0.15) is 0 Å². The summed E-state index contributed by atoms with van der Waals surface area (Å²) in [6, 6.07) is 1.32. The molecule has 3 N–H and O–H groups in total. The summed E-state index contributed by atoms with van der Waals surface area (Å²) in [6.07, 6.45) is 9.01. The van der Waals surface area contributed by atoms with E-state index >= 15 is 0 Å². The molecule has 108 valence electrons. The highest BCUT2D eigenvalue weighted by Gasteiger charge is 2.14. The molecule has 1 aliphatic heterocycles. The molecule has 0 aromatic heterocycles. The van der Waals surface area contributed by atoms with Gasteiger partial charge in [-0.2, -0.15) is 0 Å². The summed E-state index contributed by atoms with van der Waals surface area (Å²) >= 11 is 0. The molecule has 3 unspecified atom stereocenters. The lowest BCUT2D eigenvalue weighted by atomic mass is 10.0. The standard InChI is InChI=1S/C15H32N2O/c1-13(12-18)7-6-10-16-14(2)11-15-8-4-3-5-9-17-15/h13-18H,3-12H2,1-2H3. The van der Waals surface area contributed by atoms with Crippen molar-refractivity contribution in [2.45, 2.75) is 70.9 Å². The van der Waals surface area contributed by atoms with Crippen LogP contribution in [0.25, 0.3) is 0 Å². The van der Waals surface area contributed by atoms with E-state index < -0.39 is 0 Å². The van der Waals surface area contributed by atoms with Gasteiger partial charge in [0, 0.05) is 18.7 Å². The van der Waals surface area contributed by atoms with Crippen molar-refractivity contribution in [2.24, 2.45) is 5.92 Å². The molecule has 3 atom stereocenters. The summed E-state index contributed by atoms with van der Waals surface area (Å²) in [6.45, 7) is 7.01. The largest absolute Gasteiger partial charge is 0.396 e. The van der Waals surface area contributed by atoms with E-state index in [0.717, 1.165) is 13.0 Å². The fourth-order valence-electron chi connectivity index (χ4n) is 2.70. The Morgan fingerprint density at radius 2 is 2.11 bits per heavy atom. The maximum Gasteiger partial charge on any atom is 0.0456 e. The van der Waals surface area contributed by atoms with Crippen LogP contribution in [0.1, 0.15) is 58.8 Å². The number of nitrogens with one attached hydrogen (secondary N) is 2. The van der Waals surface area contributed by atoms with Crippen molar-refractivity contribution in [3.63, 3.8) is 0 Å². The molecule has 1 heterocycles. The van der Waals surface area contributed by atoms with Crippen LogP contribution in [-0.2, 0) is 0 Å². The van der Waals surface area contributed by atoms with Crippen LogP contribution in [0.3, 0.4) is 0 Å². The maximum atomic E-state index is 8.96. The Morgan fingerprint density at radius 3 is 2.89 bits per heavy atom. The van der Waals surface area contributed by atoms with Gasteiger partial charge in [0.25, 0.3) is 0 Å². The summed E-state index contributed by atoms with van der Waals surface area (Å²) < 4.78 is 0. The van der Waals surface area contributed by atoms with Crippen molar-refractivity contribution in [3.8, 4) is 0 Å². The molecule has 1 rings (SSSR count).